The lowest BCUT2D eigenvalue weighted by Crippen LogP contribution is -2.48. The van der Waals surface area contributed by atoms with Crippen LogP contribution in [0.1, 0.15) is 42.7 Å². The molecule has 0 aromatic heterocycles. The van der Waals surface area contributed by atoms with E-state index in [0.29, 0.717) is 25.7 Å². The molecule has 0 bridgehead atoms. The van der Waals surface area contributed by atoms with Gasteiger partial charge in [0.2, 0.25) is 5.91 Å². The van der Waals surface area contributed by atoms with Gasteiger partial charge in [0, 0.05) is 12.5 Å². The number of allylic oxidation sites excluding steroid dienone is 1. The predicted octanol–water partition coefficient (Wildman–Crippen LogP) is 3.61. The lowest BCUT2D eigenvalue weighted by atomic mass is 9.98. The lowest BCUT2D eigenvalue weighted by molar-refractivity contribution is -0.149. The van der Waals surface area contributed by atoms with E-state index in [-0.39, 0.29) is 31.1 Å². The Morgan fingerprint density at radius 1 is 1.09 bits per heavy atom. The largest absolute Gasteiger partial charge is 0.479 e. The predicted molar refractivity (Wildman–Crippen MR) is 130 cm³/mol. The van der Waals surface area contributed by atoms with E-state index >= 15 is 0 Å². The van der Waals surface area contributed by atoms with Gasteiger partial charge in [-0.05, 0) is 47.9 Å². The van der Waals surface area contributed by atoms with E-state index in [2.05, 4.69) is 29.3 Å². The molecule has 184 valence electrons. The number of aliphatic carboxylic acids is 1. The number of amides is 2. The molecular formula is C27H30N2O6. The molecule has 35 heavy (non-hydrogen) atoms. The second kappa shape index (κ2) is 11.2. The molecule has 3 N–H and O–H groups in total. The van der Waals surface area contributed by atoms with Crippen molar-refractivity contribution >= 4 is 18.0 Å². The van der Waals surface area contributed by atoms with E-state index in [1.54, 1.807) is 6.08 Å². The molecule has 8 nitrogen and oxygen atoms in total. The molecule has 2 amide bonds. The first-order valence-electron chi connectivity index (χ1n) is 11.9. The number of fused-ring (bicyclic) bond motifs is 3. The number of alkyl carbamates (subject to hydrolysis) is 1. The Bertz CT molecular complexity index is 1060. The van der Waals surface area contributed by atoms with Crippen LogP contribution in [0.2, 0.25) is 0 Å². The standard InChI is InChI=1S/C27H30N2O6/c1-2-3-12-23(25(30)28-15-17-13-14-24(35-17)26(31)32)29-27(33)34-16-22-20-10-6-4-8-18(20)19-9-5-7-11-21(19)22/h2,4-11,17,22-24H,1,3,12-16H2,(H,28,30)(H,29,33)(H,31,32). The molecule has 3 unspecified atom stereocenters. The van der Waals surface area contributed by atoms with Gasteiger partial charge in [0.05, 0.1) is 6.10 Å². The molecule has 1 heterocycles. The summed E-state index contributed by atoms with van der Waals surface area (Å²) in [5, 5.41) is 14.5. The molecule has 1 fully saturated rings. The van der Waals surface area contributed by atoms with E-state index in [4.69, 9.17) is 14.6 Å². The number of hydrogen-bond donors (Lipinski definition) is 3. The van der Waals surface area contributed by atoms with Crippen molar-refractivity contribution < 1.29 is 29.0 Å². The number of benzene rings is 2. The average molecular weight is 479 g/mol. The quantitative estimate of drug-likeness (QED) is 0.450. The highest BCUT2D eigenvalue weighted by molar-refractivity contribution is 5.85. The molecule has 1 aliphatic carbocycles. The van der Waals surface area contributed by atoms with Gasteiger partial charge in [0.25, 0.3) is 0 Å². The molecule has 1 aliphatic heterocycles. The van der Waals surface area contributed by atoms with Gasteiger partial charge in [-0.25, -0.2) is 9.59 Å². The van der Waals surface area contributed by atoms with Crippen LogP contribution in [0.5, 0.6) is 0 Å². The maximum atomic E-state index is 12.8. The Balaban J connectivity index is 1.33. The van der Waals surface area contributed by atoms with Crippen LogP contribution in [0.15, 0.2) is 61.2 Å². The summed E-state index contributed by atoms with van der Waals surface area (Å²) in [4.78, 5) is 36.5. The van der Waals surface area contributed by atoms with E-state index in [9.17, 15) is 14.4 Å². The SMILES string of the molecule is C=CCCC(NC(=O)OCC1c2ccccc2-c2ccccc21)C(=O)NCC1CCC(C(=O)O)O1. The smallest absolute Gasteiger partial charge is 0.407 e. The number of carboxylic acids is 1. The molecule has 2 aromatic rings. The van der Waals surface area contributed by atoms with Crippen molar-refractivity contribution in [3.8, 4) is 11.1 Å². The van der Waals surface area contributed by atoms with E-state index < -0.39 is 24.2 Å². The molecule has 0 spiro atoms. The van der Waals surface area contributed by atoms with Crippen molar-refractivity contribution in [1.29, 1.82) is 0 Å². The molecule has 2 aliphatic rings. The number of rotatable bonds is 10. The second-order valence-electron chi connectivity index (χ2n) is 8.80. The summed E-state index contributed by atoms with van der Waals surface area (Å²) in [5.74, 6) is -1.45. The molecule has 0 saturated carbocycles. The normalized spacial score (nSPS) is 19.3. The fourth-order valence-corrected chi connectivity index (χ4v) is 4.71. The summed E-state index contributed by atoms with van der Waals surface area (Å²) in [6.45, 7) is 4.02. The highest BCUT2D eigenvalue weighted by atomic mass is 16.5. The van der Waals surface area contributed by atoms with Gasteiger partial charge in [-0.1, -0.05) is 54.6 Å². The Morgan fingerprint density at radius 3 is 2.34 bits per heavy atom. The van der Waals surface area contributed by atoms with Crippen LogP contribution in [0.25, 0.3) is 11.1 Å². The molecular weight excluding hydrogens is 448 g/mol. The first kappa shape index (κ1) is 24.5. The van der Waals surface area contributed by atoms with E-state index in [1.165, 1.54) is 0 Å². The Kier molecular flexibility index (Phi) is 7.82. The second-order valence-corrected chi connectivity index (χ2v) is 8.80. The van der Waals surface area contributed by atoms with Crippen LogP contribution in [0, 0.1) is 0 Å². The lowest BCUT2D eigenvalue weighted by Gasteiger charge is -2.20. The number of ether oxygens (including phenoxy) is 2. The van der Waals surface area contributed by atoms with Crippen molar-refractivity contribution in [3.63, 3.8) is 0 Å². The summed E-state index contributed by atoms with van der Waals surface area (Å²) in [5.41, 5.74) is 4.50. The van der Waals surface area contributed by atoms with Gasteiger partial charge in [0.1, 0.15) is 12.6 Å². The minimum atomic E-state index is -1.00. The summed E-state index contributed by atoms with van der Waals surface area (Å²) < 4.78 is 11.0. The first-order chi connectivity index (χ1) is 17.0. The highest BCUT2D eigenvalue weighted by Gasteiger charge is 2.32. The van der Waals surface area contributed by atoms with Crippen LogP contribution in [-0.2, 0) is 19.1 Å². The molecule has 1 saturated heterocycles. The zero-order valence-corrected chi connectivity index (χ0v) is 19.4. The van der Waals surface area contributed by atoms with Crippen molar-refractivity contribution in [2.75, 3.05) is 13.2 Å². The van der Waals surface area contributed by atoms with Crippen LogP contribution in [-0.4, -0.2) is 54.5 Å². The van der Waals surface area contributed by atoms with E-state index in [1.807, 2.05) is 36.4 Å². The van der Waals surface area contributed by atoms with Crippen molar-refractivity contribution in [1.82, 2.24) is 10.6 Å². The number of nitrogens with one attached hydrogen (secondary N) is 2. The summed E-state index contributed by atoms with van der Waals surface area (Å²) in [6.07, 6.45) is 1.66. The molecule has 4 rings (SSSR count). The molecule has 0 radical (unpaired) electrons. The monoisotopic (exact) mass is 478 g/mol. The maximum absolute atomic E-state index is 12.8. The number of carboxylic acid groups (broad SMARTS) is 1. The first-order valence-corrected chi connectivity index (χ1v) is 11.9. The van der Waals surface area contributed by atoms with Gasteiger partial charge in [-0.2, -0.15) is 0 Å². The average Bonchev–Trinajstić information content (AvgIpc) is 3.47. The number of carbonyl (C=O) groups is 3. The van der Waals surface area contributed by atoms with Gasteiger partial charge in [0.15, 0.2) is 6.10 Å². The number of hydrogen-bond acceptors (Lipinski definition) is 5. The van der Waals surface area contributed by atoms with Crippen LogP contribution in [0.3, 0.4) is 0 Å². The molecule has 2 aromatic carbocycles. The Labute approximate surface area is 204 Å². The summed E-state index contributed by atoms with van der Waals surface area (Å²) in [6, 6.07) is 15.3. The van der Waals surface area contributed by atoms with Gasteiger partial charge < -0.3 is 25.2 Å². The highest BCUT2D eigenvalue weighted by Crippen LogP contribution is 2.44. The Morgan fingerprint density at radius 2 is 1.74 bits per heavy atom. The van der Waals surface area contributed by atoms with Crippen LogP contribution in [0.4, 0.5) is 4.79 Å². The minimum absolute atomic E-state index is 0.0738. The number of carbonyl (C=O) groups excluding carboxylic acids is 2. The topological polar surface area (TPSA) is 114 Å². The van der Waals surface area contributed by atoms with Gasteiger partial charge >= 0.3 is 12.1 Å². The summed E-state index contributed by atoms with van der Waals surface area (Å²) >= 11 is 0. The van der Waals surface area contributed by atoms with Gasteiger partial charge in [-0.15, -0.1) is 6.58 Å². The van der Waals surface area contributed by atoms with Crippen molar-refractivity contribution in [3.05, 3.63) is 72.3 Å². The third-order valence-electron chi connectivity index (χ3n) is 6.50. The molecule has 8 heteroatoms. The van der Waals surface area contributed by atoms with Crippen LogP contribution >= 0.6 is 0 Å². The third kappa shape index (κ3) is 5.71. The fraction of sp³-hybridized carbons (Fsp3) is 0.370. The zero-order chi connectivity index (χ0) is 24.8. The van der Waals surface area contributed by atoms with Crippen molar-refractivity contribution in [2.24, 2.45) is 0 Å². The Hall–Kier alpha value is -3.65. The van der Waals surface area contributed by atoms with Gasteiger partial charge in [-0.3, -0.25) is 4.79 Å². The maximum Gasteiger partial charge on any atom is 0.407 e. The summed E-state index contributed by atoms with van der Waals surface area (Å²) in [7, 11) is 0. The minimum Gasteiger partial charge on any atom is -0.479 e. The molecule has 3 atom stereocenters. The third-order valence-corrected chi connectivity index (χ3v) is 6.50. The fourth-order valence-electron chi connectivity index (χ4n) is 4.71. The van der Waals surface area contributed by atoms with Crippen LogP contribution < -0.4 is 10.6 Å². The zero-order valence-electron chi connectivity index (χ0n) is 19.4. The van der Waals surface area contributed by atoms with E-state index in [0.717, 1.165) is 22.3 Å². The van der Waals surface area contributed by atoms with Crippen molar-refractivity contribution in [2.45, 2.75) is 49.9 Å².